The minimum atomic E-state index is -0.673. The molecule has 4 rings (SSSR count). The molecule has 1 unspecified atom stereocenters. The van der Waals surface area contributed by atoms with E-state index in [2.05, 4.69) is 10.2 Å². The molecule has 1 aromatic carbocycles. The number of urea groups is 1. The van der Waals surface area contributed by atoms with Crippen LogP contribution in [0.15, 0.2) is 47.9 Å². The molecule has 7 heteroatoms. The Balaban J connectivity index is 1.78. The SMILES string of the molecule is CN1C(=O)N(Cc2ccccc2F)C2=C(N3CCC[C@@H](N)C3)C=CNC21C. The third-order valence-electron chi connectivity index (χ3n) is 5.85. The molecule has 6 nitrogen and oxygen atoms in total. The van der Waals surface area contributed by atoms with Gasteiger partial charge in [0.05, 0.1) is 17.9 Å². The van der Waals surface area contributed by atoms with Gasteiger partial charge in [0.25, 0.3) is 0 Å². The molecular weight excluding hydrogens is 345 g/mol. The highest BCUT2D eigenvalue weighted by Gasteiger charge is 2.51. The van der Waals surface area contributed by atoms with Gasteiger partial charge in [0.15, 0.2) is 5.66 Å². The molecule has 3 N–H and O–H groups in total. The fourth-order valence-electron chi connectivity index (χ4n) is 4.23. The summed E-state index contributed by atoms with van der Waals surface area (Å²) in [5.74, 6) is -0.303. The molecule has 0 spiro atoms. The summed E-state index contributed by atoms with van der Waals surface area (Å²) >= 11 is 0. The first kappa shape index (κ1) is 17.9. The lowest BCUT2D eigenvalue weighted by molar-refractivity contribution is 0.174. The number of allylic oxidation sites excluding steroid dienone is 1. The number of rotatable bonds is 3. The highest BCUT2D eigenvalue weighted by Crippen LogP contribution is 2.40. The molecule has 3 heterocycles. The standard InChI is InChI=1S/C20H26FN5O/c1-20-18(17(9-10-23-20)25-11-5-7-15(22)13-25)26(19(27)24(20)2)12-14-6-3-4-8-16(14)21/h3-4,6,8-10,15,23H,5,7,11-13,22H2,1-2H3/t15-,20?/m1/s1. The van der Waals surface area contributed by atoms with E-state index in [0.717, 1.165) is 37.3 Å². The van der Waals surface area contributed by atoms with E-state index in [1.165, 1.54) is 6.07 Å². The summed E-state index contributed by atoms with van der Waals surface area (Å²) in [6, 6.07) is 6.57. The van der Waals surface area contributed by atoms with Gasteiger partial charge in [0, 0.05) is 37.9 Å². The largest absolute Gasteiger partial charge is 0.368 e. The van der Waals surface area contributed by atoms with Gasteiger partial charge in [-0.2, -0.15) is 0 Å². The van der Waals surface area contributed by atoms with E-state index in [4.69, 9.17) is 5.73 Å². The van der Waals surface area contributed by atoms with Crippen LogP contribution in [-0.2, 0) is 6.54 Å². The van der Waals surface area contributed by atoms with Crippen LogP contribution < -0.4 is 11.1 Å². The second-order valence-electron chi connectivity index (χ2n) is 7.65. The lowest BCUT2D eigenvalue weighted by atomic mass is 9.99. The van der Waals surface area contributed by atoms with E-state index in [-0.39, 0.29) is 24.4 Å². The Bertz CT molecular complexity index is 822. The maximum atomic E-state index is 14.3. The number of carbonyl (C=O) groups excluding carboxylic acids is 1. The van der Waals surface area contributed by atoms with Gasteiger partial charge in [-0.05, 0) is 31.9 Å². The van der Waals surface area contributed by atoms with Crippen LogP contribution in [0.25, 0.3) is 0 Å². The van der Waals surface area contributed by atoms with Gasteiger partial charge in [-0.1, -0.05) is 18.2 Å². The van der Waals surface area contributed by atoms with Crippen LogP contribution in [0.5, 0.6) is 0 Å². The second-order valence-corrected chi connectivity index (χ2v) is 7.65. The minimum Gasteiger partial charge on any atom is -0.368 e. The molecule has 27 heavy (non-hydrogen) atoms. The van der Waals surface area contributed by atoms with Crippen LogP contribution in [0.1, 0.15) is 25.3 Å². The van der Waals surface area contributed by atoms with Gasteiger partial charge in [0.1, 0.15) is 5.82 Å². The second kappa shape index (κ2) is 6.56. The summed E-state index contributed by atoms with van der Waals surface area (Å²) in [5.41, 5.74) is 7.86. The molecule has 2 atom stereocenters. The molecular formula is C20H26FN5O. The zero-order chi connectivity index (χ0) is 19.2. The summed E-state index contributed by atoms with van der Waals surface area (Å²) < 4.78 is 14.3. The molecule has 0 bridgehead atoms. The number of halogens is 1. The molecule has 2 amide bonds. The molecule has 0 aliphatic carbocycles. The lowest BCUT2D eigenvalue weighted by Gasteiger charge is -2.41. The fraction of sp³-hybridized carbons (Fsp3) is 0.450. The van der Waals surface area contributed by atoms with Crippen molar-refractivity contribution in [3.8, 4) is 0 Å². The predicted octanol–water partition coefficient (Wildman–Crippen LogP) is 2.16. The number of amides is 2. The van der Waals surface area contributed by atoms with Crippen molar-refractivity contribution in [2.45, 2.75) is 38.0 Å². The normalized spacial score (nSPS) is 27.9. The number of benzene rings is 1. The van der Waals surface area contributed by atoms with Crippen LogP contribution >= 0.6 is 0 Å². The van der Waals surface area contributed by atoms with Crippen molar-refractivity contribution in [3.63, 3.8) is 0 Å². The van der Waals surface area contributed by atoms with Gasteiger partial charge < -0.3 is 16.0 Å². The van der Waals surface area contributed by atoms with Crippen molar-refractivity contribution in [1.29, 1.82) is 0 Å². The molecule has 2 fully saturated rings. The van der Waals surface area contributed by atoms with Gasteiger partial charge in [-0.15, -0.1) is 0 Å². The number of hydrogen-bond donors (Lipinski definition) is 2. The Hall–Kier alpha value is -2.54. The smallest absolute Gasteiger partial charge is 0.326 e. The summed E-state index contributed by atoms with van der Waals surface area (Å²) in [5, 5.41) is 3.32. The number of piperidine rings is 1. The van der Waals surface area contributed by atoms with Crippen LogP contribution in [0.2, 0.25) is 0 Å². The number of likely N-dealkylation sites (N-methyl/N-ethyl adjacent to an activating group) is 1. The first-order valence-corrected chi connectivity index (χ1v) is 9.40. The summed E-state index contributed by atoms with van der Waals surface area (Å²) in [4.78, 5) is 18.7. The van der Waals surface area contributed by atoms with Crippen molar-refractivity contribution < 1.29 is 9.18 Å². The maximum absolute atomic E-state index is 14.3. The predicted molar refractivity (Wildman–Crippen MR) is 102 cm³/mol. The van der Waals surface area contributed by atoms with E-state index >= 15 is 0 Å². The molecule has 144 valence electrons. The molecule has 1 aromatic rings. The number of likely N-dealkylation sites (tertiary alicyclic amines) is 1. The van der Waals surface area contributed by atoms with Gasteiger partial charge in [0.2, 0.25) is 0 Å². The number of carbonyl (C=O) groups is 1. The third kappa shape index (κ3) is 2.86. The zero-order valence-corrected chi connectivity index (χ0v) is 15.8. The monoisotopic (exact) mass is 371 g/mol. The number of nitrogens with one attached hydrogen (secondary N) is 1. The van der Waals surface area contributed by atoms with E-state index in [1.807, 2.05) is 19.2 Å². The lowest BCUT2D eigenvalue weighted by Crippen LogP contribution is -2.54. The van der Waals surface area contributed by atoms with Crippen molar-refractivity contribution >= 4 is 6.03 Å². The minimum absolute atomic E-state index is 0.122. The molecule has 3 aliphatic heterocycles. The average Bonchev–Trinajstić information content (AvgIpc) is 2.84. The Morgan fingerprint density at radius 3 is 2.89 bits per heavy atom. The maximum Gasteiger partial charge on any atom is 0.326 e. The zero-order valence-electron chi connectivity index (χ0n) is 15.8. The Morgan fingerprint density at radius 1 is 1.37 bits per heavy atom. The summed E-state index contributed by atoms with van der Waals surface area (Å²) in [7, 11) is 1.77. The van der Waals surface area contributed by atoms with Gasteiger partial charge in [-0.3, -0.25) is 9.80 Å². The Kier molecular flexibility index (Phi) is 4.34. The number of fused-ring (bicyclic) bond motifs is 1. The van der Waals surface area contributed by atoms with Crippen molar-refractivity contribution in [1.82, 2.24) is 20.0 Å². The van der Waals surface area contributed by atoms with E-state index in [0.29, 0.717) is 5.56 Å². The number of hydrogen-bond acceptors (Lipinski definition) is 4. The van der Waals surface area contributed by atoms with E-state index < -0.39 is 5.66 Å². The average molecular weight is 371 g/mol. The summed E-state index contributed by atoms with van der Waals surface area (Å²) in [6.45, 7) is 3.83. The van der Waals surface area contributed by atoms with Crippen LogP contribution in [0, 0.1) is 5.82 Å². The first-order chi connectivity index (χ1) is 12.9. The van der Waals surface area contributed by atoms with Crippen molar-refractivity contribution in [2.24, 2.45) is 5.73 Å². The number of dihydropyridines is 1. The van der Waals surface area contributed by atoms with Gasteiger partial charge >= 0.3 is 6.03 Å². The Morgan fingerprint density at radius 2 is 2.15 bits per heavy atom. The Labute approximate surface area is 159 Å². The molecule has 0 aromatic heterocycles. The third-order valence-corrected chi connectivity index (χ3v) is 5.85. The first-order valence-electron chi connectivity index (χ1n) is 9.40. The topological polar surface area (TPSA) is 64.8 Å². The van der Waals surface area contributed by atoms with Crippen molar-refractivity contribution in [2.75, 3.05) is 20.1 Å². The van der Waals surface area contributed by atoms with Crippen molar-refractivity contribution in [3.05, 3.63) is 59.3 Å². The van der Waals surface area contributed by atoms with Gasteiger partial charge in [-0.25, -0.2) is 9.18 Å². The van der Waals surface area contributed by atoms with Crippen LogP contribution in [0.3, 0.4) is 0 Å². The number of nitrogens with two attached hydrogens (primary N) is 1. The molecule has 3 aliphatic rings. The highest BCUT2D eigenvalue weighted by molar-refractivity contribution is 5.82. The van der Waals surface area contributed by atoms with E-state index in [9.17, 15) is 9.18 Å². The van der Waals surface area contributed by atoms with E-state index in [1.54, 1.807) is 35.0 Å². The highest BCUT2D eigenvalue weighted by atomic mass is 19.1. The van der Waals surface area contributed by atoms with Crippen LogP contribution in [0.4, 0.5) is 9.18 Å². The fourth-order valence-corrected chi connectivity index (χ4v) is 4.23. The number of nitrogens with zero attached hydrogens (tertiary/aromatic N) is 3. The molecule has 0 saturated carbocycles. The molecule has 0 radical (unpaired) electrons. The van der Waals surface area contributed by atoms with Crippen LogP contribution in [-0.4, -0.2) is 52.6 Å². The summed E-state index contributed by atoms with van der Waals surface area (Å²) in [6.07, 6.45) is 5.91. The quantitative estimate of drug-likeness (QED) is 0.855. The molecule has 2 saturated heterocycles.